The van der Waals surface area contributed by atoms with Gasteiger partial charge in [-0.05, 0) is 6.42 Å². The lowest BCUT2D eigenvalue weighted by atomic mass is 10.1. The van der Waals surface area contributed by atoms with Gasteiger partial charge in [0, 0.05) is 12.6 Å². The van der Waals surface area contributed by atoms with Crippen LogP contribution in [-0.4, -0.2) is 6.04 Å². The van der Waals surface area contributed by atoms with Crippen molar-refractivity contribution in [1.82, 2.24) is 0 Å². The molecule has 1 unspecified atom stereocenters. The summed E-state index contributed by atoms with van der Waals surface area (Å²) in [7, 11) is 0. The Kier molecular flexibility index (Phi) is 10.9. The Labute approximate surface area is 89.4 Å². The molecule has 0 amide bonds. The normalized spacial score (nSPS) is 13.1. The van der Waals surface area contributed by atoms with Crippen LogP contribution in [0.25, 0.3) is 0 Å². The van der Waals surface area contributed by atoms with Gasteiger partial charge in [0.25, 0.3) is 0 Å². The van der Waals surface area contributed by atoms with Crippen molar-refractivity contribution in [2.75, 3.05) is 0 Å². The zero-order valence-electron chi connectivity index (χ0n) is 9.67. The second-order valence-corrected chi connectivity index (χ2v) is 4.12. The molecule has 0 bridgehead atoms. The van der Waals surface area contributed by atoms with Crippen molar-refractivity contribution < 1.29 is 0 Å². The SMILES string of the molecule is CCCCCCCCCCC(N)[CH]N. The average molecular weight is 199 g/mol. The number of nitrogens with two attached hydrogens (primary N) is 2. The molecule has 0 aliphatic rings. The van der Waals surface area contributed by atoms with Gasteiger partial charge in [-0.2, -0.15) is 0 Å². The lowest BCUT2D eigenvalue weighted by molar-refractivity contribution is 0.545. The molecule has 0 aromatic heterocycles. The topological polar surface area (TPSA) is 52.0 Å². The summed E-state index contributed by atoms with van der Waals surface area (Å²) in [6.45, 7) is 3.85. The molecule has 0 rings (SSSR count). The summed E-state index contributed by atoms with van der Waals surface area (Å²) < 4.78 is 0. The van der Waals surface area contributed by atoms with Crippen LogP contribution in [0.5, 0.6) is 0 Å². The van der Waals surface area contributed by atoms with Crippen LogP contribution in [0.2, 0.25) is 0 Å². The summed E-state index contributed by atoms with van der Waals surface area (Å²) in [6, 6.07) is 0.107. The third kappa shape index (κ3) is 10.0. The van der Waals surface area contributed by atoms with Gasteiger partial charge < -0.3 is 11.5 Å². The van der Waals surface area contributed by atoms with Crippen molar-refractivity contribution in [3.8, 4) is 0 Å². The maximum Gasteiger partial charge on any atom is 0.0361 e. The summed E-state index contributed by atoms with van der Waals surface area (Å²) >= 11 is 0. The van der Waals surface area contributed by atoms with E-state index in [0.717, 1.165) is 6.42 Å². The summed E-state index contributed by atoms with van der Waals surface area (Å²) in [5.74, 6) is 0. The van der Waals surface area contributed by atoms with E-state index in [2.05, 4.69) is 6.92 Å². The van der Waals surface area contributed by atoms with Gasteiger partial charge in [-0.15, -0.1) is 0 Å². The van der Waals surface area contributed by atoms with Gasteiger partial charge in [-0.3, -0.25) is 0 Å². The number of hydrogen-bond acceptors (Lipinski definition) is 2. The van der Waals surface area contributed by atoms with Crippen molar-refractivity contribution in [1.29, 1.82) is 0 Å². The van der Waals surface area contributed by atoms with Crippen LogP contribution < -0.4 is 11.5 Å². The first-order valence-electron chi connectivity index (χ1n) is 6.12. The molecule has 0 fully saturated rings. The second-order valence-electron chi connectivity index (χ2n) is 4.12. The summed E-state index contributed by atoms with van der Waals surface area (Å²) in [5, 5.41) is 0. The molecule has 0 aliphatic heterocycles. The van der Waals surface area contributed by atoms with E-state index in [1.807, 2.05) is 0 Å². The van der Waals surface area contributed by atoms with Gasteiger partial charge in [-0.25, -0.2) is 0 Å². The highest BCUT2D eigenvalue weighted by molar-refractivity contribution is 4.72. The van der Waals surface area contributed by atoms with Crippen molar-refractivity contribution in [2.45, 2.75) is 70.8 Å². The fourth-order valence-electron chi connectivity index (χ4n) is 1.61. The lowest BCUT2D eigenvalue weighted by Gasteiger charge is -2.07. The van der Waals surface area contributed by atoms with Crippen LogP contribution in [0.15, 0.2) is 0 Å². The number of hydrogen-bond donors (Lipinski definition) is 2. The molecule has 0 aliphatic carbocycles. The monoisotopic (exact) mass is 199 g/mol. The molecular weight excluding hydrogens is 172 g/mol. The van der Waals surface area contributed by atoms with Gasteiger partial charge >= 0.3 is 0 Å². The quantitative estimate of drug-likeness (QED) is 0.531. The maximum absolute atomic E-state index is 5.67. The van der Waals surface area contributed by atoms with Crippen LogP contribution in [0.4, 0.5) is 0 Å². The molecule has 2 nitrogen and oxygen atoms in total. The third-order valence-electron chi connectivity index (χ3n) is 2.64. The second kappa shape index (κ2) is 11.0. The Hall–Kier alpha value is -0.0800. The Morgan fingerprint density at radius 1 is 0.929 bits per heavy atom. The minimum Gasteiger partial charge on any atom is -0.326 e. The van der Waals surface area contributed by atoms with Gasteiger partial charge in [0.15, 0.2) is 0 Å². The minimum atomic E-state index is 0.107. The molecular formula is C12H27N2. The van der Waals surface area contributed by atoms with Crippen molar-refractivity contribution >= 4 is 0 Å². The molecule has 0 aromatic carbocycles. The highest BCUT2D eigenvalue weighted by atomic mass is 14.7. The van der Waals surface area contributed by atoms with Crippen molar-refractivity contribution in [3.63, 3.8) is 0 Å². The third-order valence-corrected chi connectivity index (χ3v) is 2.64. The van der Waals surface area contributed by atoms with Gasteiger partial charge in [0.05, 0.1) is 0 Å². The molecule has 14 heavy (non-hydrogen) atoms. The first-order valence-corrected chi connectivity index (χ1v) is 6.12. The Morgan fingerprint density at radius 3 is 1.93 bits per heavy atom. The standard InChI is InChI=1S/C12H27N2/c1-2-3-4-5-6-7-8-9-10-12(14)11-13/h11-12H,2-10,13-14H2,1H3. The van der Waals surface area contributed by atoms with E-state index >= 15 is 0 Å². The number of rotatable bonds is 10. The fourth-order valence-corrected chi connectivity index (χ4v) is 1.61. The predicted octanol–water partition coefficient (Wildman–Crippen LogP) is 2.96. The van der Waals surface area contributed by atoms with Crippen LogP contribution in [-0.2, 0) is 0 Å². The smallest absolute Gasteiger partial charge is 0.0361 e. The van der Waals surface area contributed by atoms with Gasteiger partial charge in [0.1, 0.15) is 0 Å². The largest absolute Gasteiger partial charge is 0.326 e. The Morgan fingerprint density at radius 2 is 1.43 bits per heavy atom. The summed E-state index contributed by atoms with van der Waals surface area (Å²) in [5.41, 5.74) is 11.0. The van der Waals surface area contributed by atoms with E-state index in [0.29, 0.717) is 0 Å². The van der Waals surface area contributed by atoms with Crippen LogP contribution in [0, 0.1) is 6.54 Å². The molecule has 0 saturated carbocycles. The van der Waals surface area contributed by atoms with E-state index in [-0.39, 0.29) is 6.04 Å². The zero-order valence-corrected chi connectivity index (χ0v) is 9.67. The van der Waals surface area contributed by atoms with Crippen LogP contribution in [0.3, 0.4) is 0 Å². The molecule has 0 aromatic rings. The van der Waals surface area contributed by atoms with E-state index in [9.17, 15) is 0 Å². The van der Waals surface area contributed by atoms with E-state index in [4.69, 9.17) is 11.5 Å². The highest BCUT2D eigenvalue weighted by Gasteiger charge is 1.98. The lowest BCUT2D eigenvalue weighted by Crippen LogP contribution is -2.24. The molecule has 0 spiro atoms. The van der Waals surface area contributed by atoms with Crippen LogP contribution >= 0.6 is 0 Å². The summed E-state index contributed by atoms with van der Waals surface area (Å²) in [6.07, 6.45) is 11.9. The molecule has 4 N–H and O–H groups in total. The fraction of sp³-hybridized carbons (Fsp3) is 0.917. The van der Waals surface area contributed by atoms with Gasteiger partial charge in [-0.1, -0.05) is 58.3 Å². The van der Waals surface area contributed by atoms with E-state index in [1.165, 1.54) is 51.4 Å². The van der Waals surface area contributed by atoms with E-state index in [1.54, 1.807) is 6.54 Å². The predicted molar refractivity (Wildman–Crippen MR) is 63.7 cm³/mol. The average Bonchev–Trinajstić information content (AvgIpc) is 2.21. The Balaban J connectivity index is 2.92. The number of unbranched alkanes of at least 4 members (excludes halogenated alkanes) is 7. The first-order chi connectivity index (χ1) is 6.81. The zero-order chi connectivity index (χ0) is 10.6. The molecule has 1 atom stereocenters. The first kappa shape index (κ1) is 13.9. The molecule has 1 radical (unpaired) electrons. The summed E-state index contributed by atoms with van der Waals surface area (Å²) in [4.78, 5) is 0. The molecule has 0 heterocycles. The molecule has 85 valence electrons. The molecule has 0 saturated heterocycles. The molecule has 2 heteroatoms. The van der Waals surface area contributed by atoms with E-state index < -0.39 is 0 Å². The Bertz CT molecular complexity index is 104. The van der Waals surface area contributed by atoms with Crippen LogP contribution in [0.1, 0.15) is 64.7 Å². The highest BCUT2D eigenvalue weighted by Crippen LogP contribution is 2.10. The van der Waals surface area contributed by atoms with Crippen molar-refractivity contribution in [3.05, 3.63) is 6.54 Å². The van der Waals surface area contributed by atoms with Crippen molar-refractivity contribution in [2.24, 2.45) is 11.5 Å². The maximum atomic E-state index is 5.67. The van der Waals surface area contributed by atoms with Gasteiger partial charge in [0.2, 0.25) is 0 Å². The minimum absolute atomic E-state index is 0.107.